The highest BCUT2D eigenvalue weighted by Gasteiger charge is 2.21. The van der Waals surface area contributed by atoms with Crippen molar-refractivity contribution in [1.82, 2.24) is 14.5 Å². The molecule has 146 valence electrons. The summed E-state index contributed by atoms with van der Waals surface area (Å²) in [4.78, 5) is 10.2. The topological polar surface area (TPSA) is 116 Å². The molecular weight excluding hydrogens is 384 g/mol. The van der Waals surface area contributed by atoms with Crippen molar-refractivity contribution in [2.24, 2.45) is 0 Å². The lowest BCUT2D eigenvalue weighted by molar-refractivity contribution is -0.386. The SMILES string of the molecule is COc1ccc(S(=O)(=O)NCc2ccc(Cn3cccn3)cc2)cc1[N+](=O)[O-]. The molecular formula is C18H18N4O5S. The average Bonchev–Trinajstić information content (AvgIpc) is 3.20. The molecule has 0 amide bonds. The van der Waals surface area contributed by atoms with E-state index < -0.39 is 20.6 Å². The Hall–Kier alpha value is -3.24. The highest BCUT2D eigenvalue weighted by Crippen LogP contribution is 2.29. The van der Waals surface area contributed by atoms with Crippen LogP contribution in [-0.4, -0.2) is 30.2 Å². The predicted molar refractivity (Wildman–Crippen MR) is 101 cm³/mol. The van der Waals surface area contributed by atoms with Gasteiger partial charge in [-0.25, -0.2) is 13.1 Å². The molecule has 28 heavy (non-hydrogen) atoms. The van der Waals surface area contributed by atoms with E-state index in [9.17, 15) is 18.5 Å². The van der Waals surface area contributed by atoms with Crippen molar-refractivity contribution < 1.29 is 18.1 Å². The van der Waals surface area contributed by atoms with Gasteiger partial charge in [0.1, 0.15) is 0 Å². The van der Waals surface area contributed by atoms with E-state index in [2.05, 4.69) is 9.82 Å². The number of nitrogens with zero attached hydrogens (tertiary/aromatic N) is 3. The first-order valence-electron chi connectivity index (χ1n) is 8.26. The third-order valence-electron chi connectivity index (χ3n) is 4.05. The van der Waals surface area contributed by atoms with E-state index in [0.29, 0.717) is 6.54 Å². The summed E-state index contributed by atoms with van der Waals surface area (Å²) >= 11 is 0. The zero-order chi connectivity index (χ0) is 20.1. The zero-order valence-corrected chi connectivity index (χ0v) is 15.8. The van der Waals surface area contributed by atoms with Crippen molar-refractivity contribution in [3.8, 4) is 5.75 Å². The van der Waals surface area contributed by atoms with E-state index in [1.54, 1.807) is 10.9 Å². The largest absolute Gasteiger partial charge is 0.490 e. The molecule has 0 saturated carbocycles. The number of aromatic nitrogens is 2. The summed E-state index contributed by atoms with van der Waals surface area (Å²) in [5, 5.41) is 15.2. The number of ether oxygens (including phenoxy) is 1. The molecule has 0 spiro atoms. The van der Waals surface area contributed by atoms with Crippen molar-refractivity contribution >= 4 is 15.7 Å². The number of sulfonamides is 1. The van der Waals surface area contributed by atoms with Crippen LogP contribution in [0.2, 0.25) is 0 Å². The Morgan fingerprint density at radius 2 is 1.89 bits per heavy atom. The molecule has 0 unspecified atom stereocenters. The Labute approximate surface area is 161 Å². The molecule has 2 aromatic carbocycles. The molecule has 10 heteroatoms. The lowest BCUT2D eigenvalue weighted by atomic mass is 10.1. The van der Waals surface area contributed by atoms with Gasteiger partial charge in [-0.15, -0.1) is 0 Å². The predicted octanol–water partition coefficient (Wildman–Crippen LogP) is 2.33. The molecule has 0 atom stereocenters. The van der Waals surface area contributed by atoms with E-state index in [1.165, 1.54) is 19.2 Å². The van der Waals surface area contributed by atoms with Crippen molar-refractivity contribution in [1.29, 1.82) is 0 Å². The smallest absolute Gasteiger partial charge is 0.312 e. The van der Waals surface area contributed by atoms with Gasteiger partial charge >= 0.3 is 5.69 Å². The molecule has 3 aromatic rings. The molecule has 0 radical (unpaired) electrons. The summed E-state index contributed by atoms with van der Waals surface area (Å²) in [6.07, 6.45) is 3.56. The van der Waals surface area contributed by atoms with Gasteiger partial charge in [-0.3, -0.25) is 14.8 Å². The normalized spacial score (nSPS) is 11.3. The molecule has 0 saturated heterocycles. The monoisotopic (exact) mass is 402 g/mol. The van der Waals surface area contributed by atoms with Gasteiger partial charge in [0.05, 0.1) is 23.5 Å². The van der Waals surface area contributed by atoms with E-state index in [0.717, 1.165) is 17.2 Å². The molecule has 1 aromatic heterocycles. The zero-order valence-electron chi connectivity index (χ0n) is 15.0. The first-order valence-corrected chi connectivity index (χ1v) is 9.75. The van der Waals surface area contributed by atoms with Crippen LogP contribution < -0.4 is 9.46 Å². The third-order valence-corrected chi connectivity index (χ3v) is 5.45. The minimum atomic E-state index is -3.91. The maximum Gasteiger partial charge on any atom is 0.312 e. The minimum Gasteiger partial charge on any atom is -0.490 e. The van der Waals surface area contributed by atoms with Crippen molar-refractivity contribution in [3.05, 3.63) is 82.2 Å². The maximum absolute atomic E-state index is 12.5. The van der Waals surface area contributed by atoms with Crippen molar-refractivity contribution in [2.75, 3.05) is 7.11 Å². The summed E-state index contributed by atoms with van der Waals surface area (Å²) in [5.41, 5.74) is 1.38. The average molecular weight is 402 g/mol. The maximum atomic E-state index is 12.5. The summed E-state index contributed by atoms with van der Waals surface area (Å²) in [7, 11) is -2.63. The van der Waals surface area contributed by atoms with E-state index in [1.807, 2.05) is 36.5 Å². The number of nitro benzene ring substituents is 1. The quantitative estimate of drug-likeness (QED) is 0.457. The van der Waals surface area contributed by atoms with Crippen LogP contribution in [0.1, 0.15) is 11.1 Å². The van der Waals surface area contributed by atoms with Gasteiger partial charge in [0.2, 0.25) is 10.0 Å². The molecule has 0 aliphatic heterocycles. The van der Waals surface area contributed by atoms with Crippen LogP contribution in [0.3, 0.4) is 0 Å². The van der Waals surface area contributed by atoms with Gasteiger partial charge < -0.3 is 4.74 Å². The highest BCUT2D eigenvalue weighted by atomic mass is 32.2. The third kappa shape index (κ3) is 4.53. The molecule has 3 rings (SSSR count). The fraction of sp³-hybridized carbons (Fsp3) is 0.167. The van der Waals surface area contributed by atoms with Crippen molar-refractivity contribution in [2.45, 2.75) is 18.0 Å². The van der Waals surface area contributed by atoms with Gasteiger partial charge in [0, 0.05) is 25.0 Å². The van der Waals surface area contributed by atoms with Crippen LogP contribution >= 0.6 is 0 Å². The van der Waals surface area contributed by atoms with E-state index >= 15 is 0 Å². The van der Waals surface area contributed by atoms with Crippen LogP contribution in [-0.2, 0) is 23.1 Å². The van der Waals surface area contributed by atoms with Gasteiger partial charge in [-0.2, -0.15) is 5.10 Å². The molecule has 0 fully saturated rings. The van der Waals surface area contributed by atoms with Gasteiger partial charge in [0.25, 0.3) is 0 Å². The first kappa shape index (κ1) is 19.5. The lowest BCUT2D eigenvalue weighted by Gasteiger charge is -2.09. The second-order valence-corrected chi connectivity index (χ2v) is 7.70. The fourth-order valence-corrected chi connectivity index (χ4v) is 3.62. The number of nitrogens with one attached hydrogen (secondary N) is 1. The summed E-state index contributed by atoms with van der Waals surface area (Å²) < 4.78 is 34.1. The Morgan fingerprint density at radius 3 is 2.50 bits per heavy atom. The molecule has 0 bridgehead atoms. The lowest BCUT2D eigenvalue weighted by Crippen LogP contribution is -2.23. The molecule has 9 nitrogen and oxygen atoms in total. The molecule has 0 aliphatic rings. The van der Waals surface area contributed by atoms with E-state index in [4.69, 9.17) is 4.74 Å². The standard InChI is InChI=1S/C18H18N4O5S/c1-27-18-8-7-16(11-17(18)22(23)24)28(25,26)20-12-14-3-5-15(6-4-14)13-21-10-2-9-19-21/h2-11,20H,12-13H2,1H3. The van der Waals surface area contributed by atoms with Crippen LogP contribution in [0.25, 0.3) is 0 Å². The molecule has 1 heterocycles. The summed E-state index contributed by atoms with van der Waals surface area (Å²) in [6, 6.07) is 12.8. The van der Waals surface area contributed by atoms with Crippen molar-refractivity contribution in [3.63, 3.8) is 0 Å². The number of methoxy groups -OCH3 is 1. The highest BCUT2D eigenvalue weighted by molar-refractivity contribution is 7.89. The number of hydrogen-bond acceptors (Lipinski definition) is 6. The van der Waals surface area contributed by atoms with Crippen LogP contribution in [0, 0.1) is 10.1 Å². The second kappa shape index (κ2) is 8.19. The van der Waals surface area contributed by atoms with Crippen LogP contribution in [0.15, 0.2) is 65.8 Å². The van der Waals surface area contributed by atoms with Gasteiger partial charge in [-0.05, 0) is 29.3 Å². The minimum absolute atomic E-state index is 0.00304. The second-order valence-electron chi connectivity index (χ2n) is 5.94. The summed E-state index contributed by atoms with van der Waals surface area (Å²) in [6.45, 7) is 0.679. The first-order chi connectivity index (χ1) is 13.4. The number of nitro groups is 1. The summed E-state index contributed by atoms with van der Waals surface area (Å²) in [5.74, 6) is -0.00304. The molecule has 0 aliphatic carbocycles. The Morgan fingerprint density at radius 1 is 1.18 bits per heavy atom. The van der Waals surface area contributed by atoms with Crippen LogP contribution in [0.4, 0.5) is 5.69 Å². The van der Waals surface area contributed by atoms with Gasteiger partial charge in [0.15, 0.2) is 5.75 Å². The van der Waals surface area contributed by atoms with Crippen LogP contribution in [0.5, 0.6) is 5.75 Å². The Bertz CT molecular complexity index is 1060. The Kier molecular flexibility index (Phi) is 5.71. The van der Waals surface area contributed by atoms with E-state index in [-0.39, 0.29) is 17.2 Å². The Balaban J connectivity index is 1.69. The number of rotatable bonds is 8. The van der Waals surface area contributed by atoms with Gasteiger partial charge in [-0.1, -0.05) is 24.3 Å². The molecule has 1 N–H and O–H groups in total. The number of benzene rings is 2. The number of hydrogen-bond donors (Lipinski definition) is 1. The fourth-order valence-electron chi connectivity index (χ4n) is 2.58.